The summed E-state index contributed by atoms with van der Waals surface area (Å²) >= 11 is 6.37. The molecule has 1 atom stereocenters. The molecule has 0 aliphatic rings. The van der Waals surface area contributed by atoms with Gasteiger partial charge in [-0.15, -0.1) is 0 Å². The van der Waals surface area contributed by atoms with Crippen LogP contribution in [0.3, 0.4) is 0 Å². The first-order valence-electron chi connectivity index (χ1n) is 8.77. The number of ether oxygens (including phenoxy) is 1. The summed E-state index contributed by atoms with van der Waals surface area (Å²) in [6, 6.07) is 15.7. The van der Waals surface area contributed by atoms with Crippen molar-refractivity contribution in [2.75, 3.05) is 5.32 Å². The number of amides is 1. The maximum Gasteiger partial charge on any atom is 0.332 e. The average Bonchev–Trinajstić information content (AvgIpc) is 3.17. The van der Waals surface area contributed by atoms with Crippen molar-refractivity contribution in [1.29, 1.82) is 0 Å². The number of nitro benzene ring substituents is 1. The van der Waals surface area contributed by atoms with E-state index in [0.717, 1.165) is 6.08 Å². The monoisotopic (exact) mass is 548 g/mol. The number of nitro groups is 1. The highest BCUT2D eigenvalue weighted by molar-refractivity contribution is 9.10. The SMILES string of the molecule is O=C(/C=C/c1ccc(Br)o1)O[C@@H](C(=O)Nc1ccc([N+](=O)[O-])cc1Br)c1ccccc1. The van der Waals surface area contributed by atoms with Crippen LogP contribution >= 0.6 is 31.9 Å². The minimum absolute atomic E-state index is 0.134. The first-order valence-corrected chi connectivity index (χ1v) is 10.4. The maximum atomic E-state index is 12.9. The molecule has 10 heteroatoms. The van der Waals surface area contributed by atoms with Gasteiger partial charge in [0.1, 0.15) is 5.76 Å². The molecule has 1 N–H and O–H groups in total. The molecule has 0 aliphatic carbocycles. The van der Waals surface area contributed by atoms with Crippen molar-refractivity contribution >= 4 is 61.2 Å². The van der Waals surface area contributed by atoms with Crippen molar-refractivity contribution in [3.8, 4) is 0 Å². The number of nitrogens with zero attached hydrogens (tertiary/aromatic N) is 1. The van der Waals surface area contributed by atoms with E-state index in [-0.39, 0.29) is 5.69 Å². The van der Waals surface area contributed by atoms with E-state index in [0.29, 0.717) is 26.2 Å². The number of hydrogen-bond acceptors (Lipinski definition) is 6. The van der Waals surface area contributed by atoms with E-state index in [9.17, 15) is 19.7 Å². The van der Waals surface area contributed by atoms with Crippen molar-refractivity contribution in [3.63, 3.8) is 0 Å². The second kappa shape index (κ2) is 10.2. The van der Waals surface area contributed by atoms with Crippen molar-refractivity contribution in [3.05, 3.63) is 97.3 Å². The van der Waals surface area contributed by atoms with Crippen molar-refractivity contribution in [1.82, 2.24) is 0 Å². The molecule has 0 saturated heterocycles. The van der Waals surface area contributed by atoms with Crippen LogP contribution in [0.2, 0.25) is 0 Å². The van der Waals surface area contributed by atoms with Gasteiger partial charge in [-0.1, -0.05) is 30.3 Å². The Morgan fingerprint density at radius 3 is 2.45 bits per heavy atom. The summed E-state index contributed by atoms with van der Waals surface area (Å²) in [4.78, 5) is 35.6. The van der Waals surface area contributed by atoms with E-state index in [2.05, 4.69) is 37.2 Å². The number of carbonyl (C=O) groups is 2. The average molecular weight is 550 g/mol. The summed E-state index contributed by atoms with van der Waals surface area (Å²) in [6.45, 7) is 0. The fourth-order valence-electron chi connectivity index (χ4n) is 2.54. The number of furan rings is 1. The summed E-state index contributed by atoms with van der Waals surface area (Å²) in [6.07, 6.45) is 1.32. The third-order valence-corrected chi connectivity index (χ3v) is 5.06. The molecule has 31 heavy (non-hydrogen) atoms. The van der Waals surface area contributed by atoms with Gasteiger partial charge in [-0.05, 0) is 56.1 Å². The summed E-state index contributed by atoms with van der Waals surface area (Å²) in [5, 5.41) is 13.5. The molecule has 2 aromatic carbocycles. The topological polar surface area (TPSA) is 112 Å². The summed E-state index contributed by atoms with van der Waals surface area (Å²) in [5.41, 5.74) is 0.620. The Hall–Kier alpha value is -3.24. The molecule has 3 rings (SSSR count). The molecule has 8 nitrogen and oxygen atoms in total. The summed E-state index contributed by atoms with van der Waals surface area (Å²) in [5.74, 6) is -0.943. The van der Waals surface area contributed by atoms with E-state index >= 15 is 0 Å². The highest BCUT2D eigenvalue weighted by Crippen LogP contribution is 2.29. The van der Waals surface area contributed by atoms with Gasteiger partial charge in [-0.3, -0.25) is 14.9 Å². The van der Waals surface area contributed by atoms with Gasteiger partial charge in [0.25, 0.3) is 11.6 Å². The third-order valence-electron chi connectivity index (χ3n) is 3.97. The molecule has 3 aromatic rings. The van der Waals surface area contributed by atoms with Crippen molar-refractivity contribution in [2.45, 2.75) is 6.10 Å². The van der Waals surface area contributed by atoms with Crippen LogP contribution in [0.25, 0.3) is 6.08 Å². The molecule has 1 amide bonds. The van der Waals surface area contributed by atoms with Crippen LogP contribution in [0.15, 0.2) is 80.3 Å². The van der Waals surface area contributed by atoms with Gasteiger partial charge in [-0.25, -0.2) is 4.79 Å². The van der Waals surface area contributed by atoms with Gasteiger partial charge in [0.2, 0.25) is 6.10 Å². The van der Waals surface area contributed by atoms with Crippen LogP contribution in [0.1, 0.15) is 17.4 Å². The van der Waals surface area contributed by atoms with Gasteiger partial charge in [0, 0.05) is 28.2 Å². The lowest BCUT2D eigenvalue weighted by molar-refractivity contribution is -0.384. The number of esters is 1. The normalized spacial score (nSPS) is 11.8. The molecular weight excluding hydrogens is 536 g/mol. The zero-order valence-corrected chi connectivity index (χ0v) is 18.8. The molecule has 0 spiro atoms. The van der Waals surface area contributed by atoms with Crippen LogP contribution in [-0.4, -0.2) is 16.8 Å². The predicted molar refractivity (Wildman–Crippen MR) is 120 cm³/mol. The molecule has 0 bridgehead atoms. The molecule has 158 valence electrons. The zero-order chi connectivity index (χ0) is 22.4. The molecule has 1 heterocycles. The Kier molecular flexibility index (Phi) is 7.37. The minimum Gasteiger partial charge on any atom is -0.450 e. The Morgan fingerprint density at radius 2 is 1.84 bits per heavy atom. The van der Waals surface area contributed by atoms with Crippen LogP contribution < -0.4 is 5.32 Å². The lowest BCUT2D eigenvalue weighted by Crippen LogP contribution is -2.25. The second-order valence-corrected chi connectivity index (χ2v) is 7.75. The highest BCUT2D eigenvalue weighted by Gasteiger charge is 2.25. The standard InChI is InChI=1S/C21H14Br2N2O6/c22-16-12-14(25(28)29)6-9-17(16)24-21(27)20(13-4-2-1-3-5-13)31-19(26)11-8-15-7-10-18(23)30-15/h1-12,20H,(H,24,27)/b11-8+/t20-/m1/s1. The molecular formula is C21H14Br2N2O6. The molecule has 0 saturated carbocycles. The lowest BCUT2D eigenvalue weighted by Gasteiger charge is -2.17. The van der Waals surface area contributed by atoms with Gasteiger partial charge >= 0.3 is 5.97 Å². The van der Waals surface area contributed by atoms with E-state index in [1.54, 1.807) is 42.5 Å². The van der Waals surface area contributed by atoms with Gasteiger partial charge in [0.15, 0.2) is 4.67 Å². The van der Waals surface area contributed by atoms with Gasteiger partial charge in [-0.2, -0.15) is 0 Å². The highest BCUT2D eigenvalue weighted by atomic mass is 79.9. The molecule has 0 fully saturated rings. The smallest absolute Gasteiger partial charge is 0.332 e. The predicted octanol–water partition coefficient (Wildman–Crippen LogP) is 5.65. The molecule has 1 aromatic heterocycles. The fourth-order valence-corrected chi connectivity index (χ4v) is 3.33. The Morgan fingerprint density at radius 1 is 1.10 bits per heavy atom. The summed E-state index contributed by atoms with van der Waals surface area (Å²) < 4.78 is 11.5. The first-order chi connectivity index (χ1) is 14.8. The number of carbonyl (C=O) groups excluding carboxylic acids is 2. The number of hydrogen-bond donors (Lipinski definition) is 1. The van der Waals surface area contributed by atoms with Crippen LogP contribution in [-0.2, 0) is 14.3 Å². The quantitative estimate of drug-likeness (QED) is 0.176. The second-order valence-electron chi connectivity index (χ2n) is 6.11. The van der Waals surface area contributed by atoms with Crippen molar-refractivity contribution < 1.29 is 23.7 Å². The number of non-ortho nitro benzene ring substituents is 1. The van der Waals surface area contributed by atoms with E-state index < -0.39 is 22.9 Å². The number of nitrogens with one attached hydrogen (secondary N) is 1. The van der Waals surface area contributed by atoms with E-state index in [4.69, 9.17) is 9.15 Å². The van der Waals surface area contributed by atoms with Crippen LogP contribution in [0.4, 0.5) is 11.4 Å². The van der Waals surface area contributed by atoms with Crippen LogP contribution in [0.5, 0.6) is 0 Å². The maximum absolute atomic E-state index is 12.9. The third kappa shape index (κ3) is 6.12. The number of anilines is 1. The Bertz CT molecular complexity index is 1140. The lowest BCUT2D eigenvalue weighted by atomic mass is 10.1. The largest absolute Gasteiger partial charge is 0.450 e. The Balaban J connectivity index is 1.79. The molecule has 0 radical (unpaired) electrons. The molecule has 0 unspecified atom stereocenters. The summed E-state index contributed by atoms with van der Waals surface area (Å²) in [7, 11) is 0. The zero-order valence-electron chi connectivity index (χ0n) is 15.7. The van der Waals surface area contributed by atoms with E-state index in [1.807, 2.05) is 0 Å². The number of benzene rings is 2. The number of rotatable bonds is 7. The minimum atomic E-state index is -1.25. The molecule has 0 aliphatic heterocycles. The fraction of sp³-hybridized carbons (Fsp3) is 0.0476. The van der Waals surface area contributed by atoms with Crippen molar-refractivity contribution in [2.24, 2.45) is 0 Å². The van der Waals surface area contributed by atoms with Gasteiger partial charge < -0.3 is 14.5 Å². The number of halogens is 2. The first kappa shape index (κ1) is 22.4. The van der Waals surface area contributed by atoms with Crippen LogP contribution in [0, 0.1) is 10.1 Å². The van der Waals surface area contributed by atoms with Gasteiger partial charge in [0.05, 0.1) is 10.6 Å². The van der Waals surface area contributed by atoms with E-state index in [1.165, 1.54) is 24.3 Å². The Labute approximate surface area is 193 Å².